The summed E-state index contributed by atoms with van der Waals surface area (Å²) >= 11 is 0. The Hall–Kier alpha value is -1.23. The van der Waals surface area contributed by atoms with Gasteiger partial charge in [-0.2, -0.15) is 0 Å². The first-order chi connectivity index (χ1) is 7.84. The van der Waals surface area contributed by atoms with Crippen LogP contribution in [-0.2, 0) is 9.84 Å². The van der Waals surface area contributed by atoms with Gasteiger partial charge in [-0.15, -0.1) is 0 Å². The minimum Gasteiger partial charge on any atom is -0.491 e. The number of rotatable bonds is 5. The molecule has 0 heterocycles. The van der Waals surface area contributed by atoms with Gasteiger partial charge in [0, 0.05) is 19.4 Å². The highest BCUT2D eigenvalue weighted by atomic mass is 32.2. The van der Waals surface area contributed by atoms with Gasteiger partial charge in [0.05, 0.1) is 17.2 Å². The maximum absolute atomic E-state index is 11.4. The number of hydrogen-bond donors (Lipinski definition) is 1. The van der Waals surface area contributed by atoms with Crippen molar-refractivity contribution >= 4 is 15.5 Å². The zero-order valence-corrected chi connectivity index (χ0v) is 11.5. The molecule has 0 saturated carbocycles. The molecule has 1 aromatic rings. The molecule has 0 atom stereocenters. The Morgan fingerprint density at radius 2 is 2.00 bits per heavy atom. The molecule has 1 aromatic carbocycles. The maximum Gasteiger partial charge on any atom is 0.175 e. The smallest absolute Gasteiger partial charge is 0.175 e. The van der Waals surface area contributed by atoms with Crippen molar-refractivity contribution in [1.82, 2.24) is 0 Å². The van der Waals surface area contributed by atoms with Crippen molar-refractivity contribution in [3.8, 4) is 5.75 Å². The van der Waals surface area contributed by atoms with Crippen LogP contribution < -0.4 is 10.1 Å². The van der Waals surface area contributed by atoms with Gasteiger partial charge in [-0.1, -0.05) is 13.8 Å². The predicted octanol–water partition coefficient (Wildman–Crippen LogP) is 2.17. The van der Waals surface area contributed by atoms with E-state index in [1.165, 1.54) is 6.26 Å². The van der Waals surface area contributed by atoms with Crippen molar-refractivity contribution in [2.75, 3.05) is 25.2 Å². The van der Waals surface area contributed by atoms with Gasteiger partial charge in [-0.25, -0.2) is 8.42 Å². The molecule has 0 saturated heterocycles. The highest BCUT2D eigenvalue weighted by molar-refractivity contribution is 7.90. The van der Waals surface area contributed by atoms with Gasteiger partial charge in [0.15, 0.2) is 9.84 Å². The minimum atomic E-state index is -3.20. The van der Waals surface area contributed by atoms with Crippen LogP contribution >= 0.6 is 0 Å². The van der Waals surface area contributed by atoms with E-state index in [4.69, 9.17) is 4.74 Å². The number of benzene rings is 1. The van der Waals surface area contributed by atoms with Gasteiger partial charge < -0.3 is 10.1 Å². The lowest BCUT2D eigenvalue weighted by molar-refractivity contribution is 0.271. The van der Waals surface area contributed by atoms with Crippen molar-refractivity contribution in [3.63, 3.8) is 0 Å². The number of sulfone groups is 1. The Morgan fingerprint density at radius 3 is 2.47 bits per heavy atom. The number of ether oxygens (including phenoxy) is 1. The zero-order valence-electron chi connectivity index (χ0n) is 10.6. The van der Waals surface area contributed by atoms with Crippen molar-refractivity contribution in [2.45, 2.75) is 18.7 Å². The SMILES string of the molecule is CNc1ccc(S(C)(=O)=O)cc1OCC(C)C. The zero-order chi connectivity index (χ0) is 13.1. The predicted molar refractivity (Wildman–Crippen MR) is 69.4 cm³/mol. The van der Waals surface area contributed by atoms with Gasteiger partial charge >= 0.3 is 0 Å². The quantitative estimate of drug-likeness (QED) is 0.878. The molecule has 1 N–H and O–H groups in total. The summed E-state index contributed by atoms with van der Waals surface area (Å²) in [4.78, 5) is 0.273. The van der Waals surface area contributed by atoms with Crippen molar-refractivity contribution in [1.29, 1.82) is 0 Å². The third-order valence-corrected chi connectivity index (χ3v) is 3.33. The number of hydrogen-bond acceptors (Lipinski definition) is 4. The van der Waals surface area contributed by atoms with Gasteiger partial charge in [0.2, 0.25) is 0 Å². The monoisotopic (exact) mass is 257 g/mol. The highest BCUT2D eigenvalue weighted by Crippen LogP contribution is 2.27. The lowest BCUT2D eigenvalue weighted by Gasteiger charge is -2.13. The summed E-state index contributed by atoms with van der Waals surface area (Å²) in [5.41, 5.74) is 0.790. The van der Waals surface area contributed by atoms with Crippen LogP contribution in [0.2, 0.25) is 0 Å². The van der Waals surface area contributed by atoms with Crippen LogP contribution in [0.3, 0.4) is 0 Å². The molecule has 4 nitrogen and oxygen atoms in total. The van der Waals surface area contributed by atoms with E-state index >= 15 is 0 Å². The summed E-state index contributed by atoms with van der Waals surface area (Å²) in [6.45, 7) is 4.64. The van der Waals surface area contributed by atoms with E-state index in [9.17, 15) is 8.42 Å². The fraction of sp³-hybridized carbons (Fsp3) is 0.500. The molecule has 0 aromatic heterocycles. The standard InChI is InChI=1S/C12H19NO3S/c1-9(2)8-16-12-7-10(17(4,14)15)5-6-11(12)13-3/h5-7,9,13H,8H2,1-4H3. The van der Waals surface area contributed by atoms with Gasteiger partial charge in [-0.05, 0) is 18.1 Å². The normalized spacial score (nSPS) is 11.6. The molecule has 0 aliphatic heterocycles. The molecular formula is C12H19NO3S. The second-order valence-electron chi connectivity index (χ2n) is 4.38. The summed E-state index contributed by atoms with van der Waals surface area (Å²) in [7, 11) is -1.42. The van der Waals surface area contributed by atoms with Crippen LogP contribution in [0.15, 0.2) is 23.1 Å². The minimum absolute atomic E-state index is 0.273. The first-order valence-electron chi connectivity index (χ1n) is 5.49. The van der Waals surface area contributed by atoms with Gasteiger partial charge in [0.25, 0.3) is 0 Å². The van der Waals surface area contributed by atoms with E-state index < -0.39 is 9.84 Å². The summed E-state index contributed by atoms with van der Waals surface area (Å²) in [5, 5.41) is 2.98. The van der Waals surface area contributed by atoms with Crippen molar-refractivity contribution in [3.05, 3.63) is 18.2 Å². The molecule has 0 amide bonds. The molecule has 0 unspecified atom stereocenters. The Morgan fingerprint density at radius 1 is 1.35 bits per heavy atom. The summed E-state index contributed by atoms with van der Waals surface area (Å²) in [6.07, 6.45) is 1.19. The highest BCUT2D eigenvalue weighted by Gasteiger charge is 2.11. The third-order valence-electron chi connectivity index (χ3n) is 2.22. The Bertz CT molecular complexity index is 481. The van der Waals surface area contributed by atoms with Crippen LogP contribution in [0.25, 0.3) is 0 Å². The average molecular weight is 257 g/mol. The van der Waals surface area contributed by atoms with Crippen molar-refractivity contribution in [2.24, 2.45) is 5.92 Å². The fourth-order valence-electron chi connectivity index (χ4n) is 1.32. The van der Waals surface area contributed by atoms with E-state index in [1.54, 1.807) is 25.2 Å². The molecule has 0 aliphatic rings. The topological polar surface area (TPSA) is 55.4 Å². The van der Waals surface area contributed by atoms with Gasteiger partial charge in [-0.3, -0.25) is 0 Å². The fourth-order valence-corrected chi connectivity index (χ4v) is 1.95. The molecule has 0 aliphatic carbocycles. The molecule has 1 rings (SSSR count). The first-order valence-corrected chi connectivity index (χ1v) is 7.38. The molecule has 0 spiro atoms. The molecular weight excluding hydrogens is 238 g/mol. The van der Waals surface area contributed by atoms with Crippen LogP contribution in [0.1, 0.15) is 13.8 Å². The van der Waals surface area contributed by atoms with Crippen LogP contribution in [0.4, 0.5) is 5.69 Å². The summed E-state index contributed by atoms with van der Waals surface area (Å²) in [5.74, 6) is 0.964. The number of anilines is 1. The van der Waals surface area contributed by atoms with E-state index in [0.717, 1.165) is 5.69 Å². The van der Waals surface area contributed by atoms with E-state index in [1.807, 2.05) is 13.8 Å². The Kier molecular flexibility index (Phi) is 4.40. The largest absolute Gasteiger partial charge is 0.491 e. The molecule has 0 fully saturated rings. The van der Waals surface area contributed by atoms with Gasteiger partial charge in [0.1, 0.15) is 5.75 Å². The molecule has 5 heteroatoms. The van der Waals surface area contributed by atoms with E-state index in [-0.39, 0.29) is 4.90 Å². The van der Waals surface area contributed by atoms with E-state index in [0.29, 0.717) is 18.3 Å². The first kappa shape index (κ1) is 13.8. The lowest BCUT2D eigenvalue weighted by atomic mass is 10.2. The molecule has 0 radical (unpaired) electrons. The maximum atomic E-state index is 11.4. The van der Waals surface area contributed by atoms with Crippen LogP contribution in [0.5, 0.6) is 5.75 Å². The molecule has 96 valence electrons. The van der Waals surface area contributed by atoms with E-state index in [2.05, 4.69) is 5.32 Å². The summed E-state index contributed by atoms with van der Waals surface area (Å²) in [6, 6.07) is 4.85. The third kappa shape index (κ3) is 3.93. The second-order valence-corrected chi connectivity index (χ2v) is 6.40. The number of nitrogens with one attached hydrogen (secondary N) is 1. The Labute approximate surface area is 103 Å². The molecule has 17 heavy (non-hydrogen) atoms. The lowest BCUT2D eigenvalue weighted by Crippen LogP contribution is -2.07. The second kappa shape index (κ2) is 5.40. The van der Waals surface area contributed by atoms with Crippen molar-refractivity contribution < 1.29 is 13.2 Å². The summed E-state index contributed by atoms with van der Waals surface area (Å²) < 4.78 is 28.5. The average Bonchev–Trinajstić information content (AvgIpc) is 2.24. The van der Waals surface area contributed by atoms with Crippen LogP contribution in [-0.4, -0.2) is 28.3 Å². The van der Waals surface area contributed by atoms with Crippen LogP contribution in [0, 0.1) is 5.92 Å². The Balaban J connectivity index is 3.07. The molecule has 0 bridgehead atoms.